The molecule has 0 amide bonds. The van der Waals surface area contributed by atoms with Gasteiger partial charge in [-0.15, -0.1) is 0 Å². The number of hydrogen-bond donors (Lipinski definition) is 1. The van der Waals surface area contributed by atoms with E-state index in [4.69, 9.17) is 23.2 Å². The predicted octanol–water partition coefficient (Wildman–Crippen LogP) is 1.75. The van der Waals surface area contributed by atoms with Crippen LogP contribution in [0.15, 0.2) is 23.1 Å². The summed E-state index contributed by atoms with van der Waals surface area (Å²) in [7, 11) is -3.67. The molecular weight excluding hydrogens is 285 g/mol. The quantitative estimate of drug-likeness (QED) is 0.904. The van der Waals surface area contributed by atoms with Crippen molar-refractivity contribution in [2.75, 3.05) is 13.1 Å². The fourth-order valence-electron chi connectivity index (χ4n) is 1.75. The fraction of sp³-hybridized carbons (Fsp3) is 0.400. The van der Waals surface area contributed by atoms with Gasteiger partial charge in [0.1, 0.15) is 4.90 Å². The van der Waals surface area contributed by atoms with Crippen molar-refractivity contribution in [2.24, 2.45) is 0 Å². The molecule has 1 aromatic rings. The van der Waals surface area contributed by atoms with Crippen molar-refractivity contribution in [3.63, 3.8) is 0 Å². The Morgan fingerprint density at radius 3 is 2.65 bits per heavy atom. The monoisotopic (exact) mass is 295 g/mol. The van der Waals surface area contributed by atoms with Crippen molar-refractivity contribution >= 4 is 33.2 Å². The van der Waals surface area contributed by atoms with E-state index in [2.05, 4.69) is 0 Å². The minimum atomic E-state index is -3.67. The first-order chi connectivity index (χ1) is 7.93. The highest BCUT2D eigenvalue weighted by atomic mass is 35.5. The summed E-state index contributed by atoms with van der Waals surface area (Å²) >= 11 is 11.7. The van der Waals surface area contributed by atoms with Gasteiger partial charge in [-0.25, -0.2) is 8.42 Å². The molecule has 0 bridgehead atoms. The van der Waals surface area contributed by atoms with Gasteiger partial charge in [0, 0.05) is 13.1 Å². The lowest BCUT2D eigenvalue weighted by Crippen LogP contribution is -2.29. The average Bonchev–Trinajstić information content (AvgIpc) is 2.69. The molecule has 1 heterocycles. The Kier molecular flexibility index (Phi) is 3.66. The Hall–Kier alpha value is -0.330. The van der Waals surface area contributed by atoms with Crippen molar-refractivity contribution < 1.29 is 13.5 Å². The smallest absolute Gasteiger partial charge is 0.244 e. The third-order valence-electron chi connectivity index (χ3n) is 2.66. The Bertz CT molecular complexity index is 532. The van der Waals surface area contributed by atoms with E-state index in [1.807, 2.05) is 0 Å². The van der Waals surface area contributed by atoms with Crippen LogP contribution in [0.5, 0.6) is 0 Å². The molecule has 1 aromatic carbocycles. The number of nitrogens with zero attached hydrogens (tertiary/aromatic N) is 1. The summed E-state index contributed by atoms with van der Waals surface area (Å²) in [6.07, 6.45) is -0.167. The second-order valence-corrected chi connectivity index (χ2v) is 6.55. The van der Waals surface area contributed by atoms with Crippen LogP contribution >= 0.6 is 23.2 Å². The van der Waals surface area contributed by atoms with Crippen LogP contribution in [0.4, 0.5) is 0 Å². The molecule has 4 nitrogen and oxygen atoms in total. The summed E-state index contributed by atoms with van der Waals surface area (Å²) < 4.78 is 25.7. The summed E-state index contributed by atoms with van der Waals surface area (Å²) in [6, 6.07) is 4.48. The molecule has 1 atom stereocenters. The summed E-state index contributed by atoms with van der Waals surface area (Å²) in [5.74, 6) is 0. The van der Waals surface area contributed by atoms with Gasteiger partial charge in [0.15, 0.2) is 0 Å². The van der Waals surface area contributed by atoms with Crippen molar-refractivity contribution in [1.29, 1.82) is 0 Å². The molecule has 1 unspecified atom stereocenters. The number of sulfonamides is 1. The molecule has 94 valence electrons. The highest BCUT2D eigenvalue weighted by Crippen LogP contribution is 2.32. The molecule has 0 radical (unpaired) electrons. The standard InChI is InChI=1S/C10H11Cl2NO3S/c11-8-2-1-3-9(10(8)12)17(15,16)13-5-4-7(14)6-13/h1-3,7,14H,4-6H2. The normalized spacial score (nSPS) is 21.9. The summed E-state index contributed by atoms with van der Waals surface area (Å²) in [6.45, 7) is 0.400. The van der Waals surface area contributed by atoms with Crippen LogP contribution in [-0.4, -0.2) is 37.0 Å². The zero-order chi connectivity index (χ0) is 12.6. The lowest BCUT2D eigenvalue weighted by atomic mass is 10.3. The average molecular weight is 296 g/mol. The second kappa shape index (κ2) is 4.74. The van der Waals surface area contributed by atoms with Gasteiger partial charge in [0.05, 0.1) is 16.1 Å². The molecular formula is C10H11Cl2NO3S. The SMILES string of the molecule is O=S(=O)(c1cccc(Cl)c1Cl)N1CCC(O)C1. The maximum Gasteiger partial charge on any atom is 0.244 e. The largest absolute Gasteiger partial charge is 0.392 e. The first-order valence-corrected chi connectivity index (χ1v) is 7.25. The highest BCUT2D eigenvalue weighted by Gasteiger charge is 2.33. The topological polar surface area (TPSA) is 57.6 Å². The summed E-state index contributed by atoms with van der Waals surface area (Å²) in [5, 5.41) is 9.59. The maximum absolute atomic E-state index is 12.2. The molecule has 0 saturated carbocycles. The van der Waals surface area contributed by atoms with Crippen LogP contribution in [0.25, 0.3) is 0 Å². The number of aliphatic hydroxyl groups is 1. The van der Waals surface area contributed by atoms with E-state index in [1.165, 1.54) is 22.5 Å². The Labute approximate surface area is 110 Å². The van der Waals surface area contributed by atoms with E-state index >= 15 is 0 Å². The molecule has 0 spiro atoms. The molecule has 17 heavy (non-hydrogen) atoms. The molecule has 1 saturated heterocycles. The number of hydrogen-bond acceptors (Lipinski definition) is 3. The minimum Gasteiger partial charge on any atom is -0.392 e. The third-order valence-corrected chi connectivity index (χ3v) is 5.50. The van der Waals surface area contributed by atoms with Crippen molar-refractivity contribution in [2.45, 2.75) is 17.4 Å². The van der Waals surface area contributed by atoms with Crippen molar-refractivity contribution in [3.8, 4) is 0 Å². The van der Waals surface area contributed by atoms with Crippen LogP contribution in [0, 0.1) is 0 Å². The zero-order valence-corrected chi connectivity index (χ0v) is 11.1. The highest BCUT2D eigenvalue weighted by molar-refractivity contribution is 7.89. The molecule has 0 aliphatic carbocycles. The van der Waals surface area contributed by atoms with Gasteiger partial charge in [-0.1, -0.05) is 29.3 Å². The second-order valence-electron chi connectivity index (χ2n) is 3.86. The number of aliphatic hydroxyl groups excluding tert-OH is 1. The molecule has 2 rings (SSSR count). The molecule has 1 fully saturated rings. The predicted molar refractivity (Wildman–Crippen MR) is 65.8 cm³/mol. The van der Waals surface area contributed by atoms with Gasteiger partial charge in [-0.05, 0) is 18.6 Å². The Balaban J connectivity index is 2.42. The molecule has 0 aromatic heterocycles. The summed E-state index contributed by atoms with van der Waals surface area (Å²) in [4.78, 5) is -0.0132. The van der Waals surface area contributed by atoms with E-state index < -0.39 is 16.1 Å². The van der Waals surface area contributed by atoms with Crippen molar-refractivity contribution in [1.82, 2.24) is 4.31 Å². The van der Waals surface area contributed by atoms with Gasteiger partial charge < -0.3 is 5.11 Å². The van der Waals surface area contributed by atoms with E-state index in [-0.39, 0.29) is 21.5 Å². The van der Waals surface area contributed by atoms with Gasteiger partial charge in [0.25, 0.3) is 0 Å². The molecule has 7 heteroatoms. The van der Waals surface area contributed by atoms with Crippen LogP contribution in [0.2, 0.25) is 10.0 Å². The van der Waals surface area contributed by atoms with Crippen LogP contribution in [-0.2, 0) is 10.0 Å². The first-order valence-electron chi connectivity index (χ1n) is 5.05. The first kappa shape index (κ1) is 13.1. The van der Waals surface area contributed by atoms with Gasteiger partial charge in [-0.3, -0.25) is 0 Å². The van der Waals surface area contributed by atoms with E-state index in [9.17, 15) is 13.5 Å². The number of β-amino-alcohol motifs (C(OH)–C–C–N with tert-alkyl or cyclic N) is 1. The van der Waals surface area contributed by atoms with Crippen LogP contribution in [0.3, 0.4) is 0 Å². The van der Waals surface area contributed by atoms with Crippen LogP contribution < -0.4 is 0 Å². The van der Waals surface area contributed by atoms with Gasteiger partial charge in [-0.2, -0.15) is 4.31 Å². The molecule has 1 aliphatic rings. The number of benzene rings is 1. The summed E-state index contributed by atoms with van der Waals surface area (Å²) in [5.41, 5.74) is 0. The van der Waals surface area contributed by atoms with Crippen LogP contribution in [0.1, 0.15) is 6.42 Å². The lowest BCUT2D eigenvalue weighted by molar-refractivity contribution is 0.189. The maximum atomic E-state index is 12.2. The zero-order valence-electron chi connectivity index (χ0n) is 8.81. The minimum absolute atomic E-state index is 0.0132. The molecule has 1 N–H and O–H groups in total. The Morgan fingerprint density at radius 1 is 1.35 bits per heavy atom. The third kappa shape index (κ3) is 2.44. The number of halogens is 2. The van der Waals surface area contributed by atoms with E-state index in [0.29, 0.717) is 13.0 Å². The lowest BCUT2D eigenvalue weighted by Gasteiger charge is -2.16. The van der Waals surface area contributed by atoms with E-state index in [1.54, 1.807) is 0 Å². The van der Waals surface area contributed by atoms with Crippen molar-refractivity contribution in [3.05, 3.63) is 28.2 Å². The molecule has 1 aliphatic heterocycles. The Morgan fingerprint density at radius 2 is 2.06 bits per heavy atom. The fourth-order valence-corrected chi connectivity index (χ4v) is 3.98. The van der Waals surface area contributed by atoms with Gasteiger partial charge in [0.2, 0.25) is 10.0 Å². The number of rotatable bonds is 2. The van der Waals surface area contributed by atoms with Gasteiger partial charge >= 0.3 is 0 Å². The van der Waals surface area contributed by atoms with E-state index in [0.717, 1.165) is 0 Å².